The number of nitrogens with two attached hydrogens (primary N) is 1. The number of nitrogens with zero attached hydrogens (tertiary/aromatic N) is 4. The minimum absolute atomic E-state index is 0.0965. The molecule has 2 aromatic heterocycles. The van der Waals surface area contributed by atoms with Crippen LogP contribution in [0.25, 0.3) is 11.6 Å². The second-order valence-electron chi connectivity index (χ2n) is 4.35. The summed E-state index contributed by atoms with van der Waals surface area (Å²) in [7, 11) is 0. The molecule has 2 rings (SSSR count). The van der Waals surface area contributed by atoms with Crippen molar-refractivity contribution in [2.75, 3.05) is 6.54 Å². The van der Waals surface area contributed by atoms with Crippen LogP contribution in [0.1, 0.15) is 32.1 Å². The summed E-state index contributed by atoms with van der Waals surface area (Å²) in [6.07, 6.45) is 2.33. The quantitative estimate of drug-likeness (QED) is 0.800. The van der Waals surface area contributed by atoms with Crippen molar-refractivity contribution in [3.63, 3.8) is 0 Å². The van der Waals surface area contributed by atoms with Crippen molar-refractivity contribution in [2.45, 2.75) is 26.2 Å². The minimum atomic E-state index is 0.0965. The third-order valence-corrected chi connectivity index (χ3v) is 2.46. The molecule has 0 spiro atoms. The molecule has 0 fully saturated rings. The molecule has 3 N–H and O–H groups in total. The van der Waals surface area contributed by atoms with Gasteiger partial charge in [0.2, 0.25) is 11.7 Å². The van der Waals surface area contributed by atoms with Gasteiger partial charge in [-0.05, 0) is 12.3 Å². The van der Waals surface area contributed by atoms with Gasteiger partial charge in [0.25, 0.3) is 0 Å². The molecule has 1 unspecified atom stereocenters. The van der Waals surface area contributed by atoms with E-state index in [-0.39, 0.29) is 5.92 Å². The molecular formula is C10H16N6O. The molecule has 0 aliphatic heterocycles. The second-order valence-corrected chi connectivity index (χ2v) is 4.35. The van der Waals surface area contributed by atoms with Crippen LogP contribution in [0.4, 0.5) is 0 Å². The Kier molecular flexibility index (Phi) is 3.48. The third kappa shape index (κ3) is 2.68. The zero-order valence-electron chi connectivity index (χ0n) is 9.92. The maximum Gasteiger partial charge on any atom is 0.239 e. The Hall–Kier alpha value is -1.76. The number of aromatic nitrogens is 5. The SMILES string of the molecule is CC(C)CC(CN)c1nc(-c2ncn[nH]2)no1. The van der Waals surface area contributed by atoms with Crippen LogP contribution in [0.5, 0.6) is 0 Å². The lowest BCUT2D eigenvalue weighted by Gasteiger charge is -2.11. The van der Waals surface area contributed by atoms with E-state index in [2.05, 4.69) is 39.2 Å². The summed E-state index contributed by atoms with van der Waals surface area (Å²) in [6.45, 7) is 4.77. The highest BCUT2D eigenvalue weighted by molar-refractivity contribution is 5.39. The van der Waals surface area contributed by atoms with Crippen LogP contribution in [-0.2, 0) is 0 Å². The maximum absolute atomic E-state index is 5.72. The minimum Gasteiger partial charge on any atom is -0.339 e. The van der Waals surface area contributed by atoms with Gasteiger partial charge in [-0.15, -0.1) is 0 Å². The molecule has 92 valence electrons. The molecule has 0 aromatic carbocycles. The van der Waals surface area contributed by atoms with Gasteiger partial charge in [-0.2, -0.15) is 10.1 Å². The molecule has 0 aliphatic rings. The molecule has 0 radical (unpaired) electrons. The number of hydrogen-bond donors (Lipinski definition) is 2. The summed E-state index contributed by atoms with van der Waals surface area (Å²) in [6, 6.07) is 0. The van der Waals surface area contributed by atoms with Crippen molar-refractivity contribution in [1.82, 2.24) is 25.3 Å². The molecule has 7 heteroatoms. The summed E-state index contributed by atoms with van der Waals surface area (Å²) in [5.74, 6) is 2.11. The molecule has 2 aromatic rings. The molecule has 0 saturated heterocycles. The van der Waals surface area contributed by atoms with Crippen LogP contribution in [0, 0.1) is 5.92 Å². The lowest BCUT2D eigenvalue weighted by atomic mass is 9.97. The number of rotatable bonds is 5. The molecule has 7 nitrogen and oxygen atoms in total. The average molecular weight is 236 g/mol. The van der Waals surface area contributed by atoms with Gasteiger partial charge in [-0.1, -0.05) is 19.0 Å². The van der Waals surface area contributed by atoms with Crippen LogP contribution in [0.3, 0.4) is 0 Å². The first kappa shape index (κ1) is 11.7. The van der Waals surface area contributed by atoms with Crippen LogP contribution >= 0.6 is 0 Å². The highest BCUT2D eigenvalue weighted by Gasteiger charge is 2.20. The van der Waals surface area contributed by atoms with Gasteiger partial charge in [0.1, 0.15) is 6.33 Å². The Bertz CT molecular complexity index is 449. The molecule has 2 heterocycles. The zero-order chi connectivity index (χ0) is 12.3. The van der Waals surface area contributed by atoms with E-state index >= 15 is 0 Å². The summed E-state index contributed by atoms with van der Waals surface area (Å²) >= 11 is 0. The van der Waals surface area contributed by atoms with E-state index in [1.54, 1.807) is 0 Å². The number of hydrogen-bond acceptors (Lipinski definition) is 6. The topological polar surface area (TPSA) is 107 Å². The summed E-state index contributed by atoms with van der Waals surface area (Å²) in [4.78, 5) is 8.25. The van der Waals surface area contributed by atoms with E-state index in [1.165, 1.54) is 6.33 Å². The molecule has 0 bridgehead atoms. The Morgan fingerprint density at radius 2 is 2.29 bits per heavy atom. The summed E-state index contributed by atoms with van der Waals surface area (Å²) in [5, 5.41) is 10.3. The van der Waals surface area contributed by atoms with Gasteiger partial charge in [0, 0.05) is 6.54 Å². The Morgan fingerprint density at radius 1 is 1.47 bits per heavy atom. The largest absolute Gasteiger partial charge is 0.339 e. The highest BCUT2D eigenvalue weighted by atomic mass is 16.5. The number of nitrogens with one attached hydrogen (secondary N) is 1. The van der Waals surface area contributed by atoms with Gasteiger partial charge in [0.05, 0.1) is 5.92 Å². The second kappa shape index (κ2) is 5.05. The zero-order valence-corrected chi connectivity index (χ0v) is 9.92. The summed E-state index contributed by atoms with van der Waals surface area (Å²) < 4.78 is 5.21. The highest BCUT2D eigenvalue weighted by Crippen LogP contribution is 2.22. The molecule has 0 amide bonds. The smallest absolute Gasteiger partial charge is 0.239 e. The number of H-pyrrole nitrogens is 1. The Labute approximate surface area is 98.8 Å². The van der Waals surface area contributed by atoms with E-state index in [1.807, 2.05) is 0 Å². The molecule has 0 saturated carbocycles. The van der Waals surface area contributed by atoms with Gasteiger partial charge < -0.3 is 10.3 Å². The van der Waals surface area contributed by atoms with E-state index in [9.17, 15) is 0 Å². The van der Waals surface area contributed by atoms with Crippen molar-refractivity contribution in [2.24, 2.45) is 11.7 Å². The predicted molar refractivity (Wildman–Crippen MR) is 60.9 cm³/mol. The Balaban J connectivity index is 2.16. The van der Waals surface area contributed by atoms with Gasteiger partial charge in [-0.3, -0.25) is 5.10 Å². The van der Waals surface area contributed by atoms with Crippen molar-refractivity contribution in [1.29, 1.82) is 0 Å². The lowest BCUT2D eigenvalue weighted by Crippen LogP contribution is -2.15. The summed E-state index contributed by atoms with van der Waals surface area (Å²) in [5.41, 5.74) is 5.72. The van der Waals surface area contributed by atoms with E-state index < -0.39 is 0 Å². The van der Waals surface area contributed by atoms with Crippen LogP contribution in [0.2, 0.25) is 0 Å². The standard InChI is InChI=1S/C10H16N6O/c1-6(2)3-7(4-11)10-14-9(16-17-10)8-12-5-13-15-8/h5-7H,3-4,11H2,1-2H3,(H,12,13,15). The van der Waals surface area contributed by atoms with E-state index in [0.29, 0.717) is 30.0 Å². The average Bonchev–Trinajstić information content (AvgIpc) is 2.95. The van der Waals surface area contributed by atoms with Gasteiger partial charge in [-0.25, -0.2) is 4.98 Å². The van der Waals surface area contributed by atoms with Crippen LogP contribution in [-0.4, -0.2) is 31.9 Å². The lowest BCUT2D eigenvalue weighted by molar-refractivity contribution is 0.334. The van der Waals surface area contributed by atoms with E-state index in [0.717, 1.165) is 6.42 Å². The molecule has 0 aliphatic carbocycles. The molecule has 17 heavy (non-hydrogen) atoms. The van der Waals surface area contributed by atoms with Crippen molar-refractivity contribution >= 4 is 0 Å². The number of aromatic amines is 1. The van der Waals surface area contributed by atoms with E-state index in [4.69, 9.17) is 10.3 Å². The normalized spacial score (nSPS) is 13.2. The first-order valence-corrected chi connectivity index (χ1v) is 5.60. The van der Waals surface area contributed by atoms with Gasteiger partial charge >= 0.3 is 0 Å². The van der Waals surface area contributed by atoms with Crippen LogP contribution < -0.4 is 5.73 Å². The monoisotopic (exact) mass is 236 g/mol. The van der Waals surface area contributed by atoms with Crippen molar-refractivity contribution in [3.8, 4) is 11.6 Å². The maximum atomic E-state index is 5.72. The fourth-order valence-electron chi connectivity index (χ4n) is 1.68. The first-order chi connectivity index (χ1) is 8.20. The Morgan fingerprint density at radius 3 is 2.88 bits per heavy atom. The van der Waals surface area contributed by atoms with Gasteiger partial charge in [0.15, 0.2) is 5.82 Å². The molecule has 1 atom stereocenters. The third-order valence-electron chi connectivity index (χ3n) is 2.46. The molecular weight excluding hydrogens is 220 g/mol. The van der Waals surface area contributed by atoms with Crippen molar-refractivity contribution < 1.29 is 4.52 Å². The van der Waals surface area contributed by atoms with Crippen molar-refractivity contribution in [3.05, 3.63) is 12.2 Å². The fraction of sp³-hybridized carbons (Fsp3) is 0.600. The fourth-order valence-corrected chi connectivity index (χ4v) is 1.68. The first-order valence-electron chi connectivity index (χ1n) is 5.60. The van der Waals surface area contributed by atoms with Crippen LogP contribution in [0.15, 0.2) is 10.9 Å². The predicted octanol–water partition coefficient (Wildman–Crippen LogP) is 0.943.